The van der Waals surface area contributed by atoms with Crippen molar-refractivity contribution in [1.82, 2.24) is 5.32 Å². The van der Waals surface area contributed by atoms with E-state index in [1.807, 2.05) is 6.08 Å². The van der Waals surface area contributed by atoms with E-state index in [-0.39, 0.29) is 18.9 Å². The van der Waals surface area contributed by atoms with Crippen LogP contribution in [-0.4, -0.2) is 193 Å². The number of amides is 1. The Labute approximate surface area is 559 Å². The van der Waals surface area contributed by atoms with Crippen molar-refractivity contribution in [2.75, 3.05) is 26.4 Å². The molecule has 0 aliphatic carbocycles. The second-order valence-corrected chi connectivity index (χ2v) is 26.0. The van der Waals surface area contributed by atoms with E-state index >= 15 is 0 Å². The second kappa shape index (κ2) is 55.1. The highest BCUT2D eigenvalue weighted by Crippen LogP contribution is 2.33. The van der Waals surface area contributed by atoms with Crippen LogP contribution < -0.4 is 5.32 Å². The molecule has 93 heavy (non-hydrogen) atoms. The lowest BCUT2D eigenvalue weighted by molar-refractivity contribution is -0.379. The van der Waals surface area contributed by atoms with Crippen LogP contribution in [0.4, 0.5) is 0 Å². The minimum absolute atomic E-state index is 0.233. The zero-order valence-corrected chi connectivity index (χ0v) is 57.2. The molecule has 3 fully saturated rings. The summed E-state index contributed by atoms with van der Waals surface area (Å²) in [5.74, 6) is -0.282. The van der Waals surface area contributed by atoms with Gasteiger partial charge in [-0.05, 0) is 64.2 Å². The van der Waals surface area contributed by atoms with Crippen LogP contribution in [0.1, 0.15) is 258 Å². The molecule has 1 amide bonds. The molecule has 17 atom stereocenters. The molecule has 19 nitrogen and oxygen atoms in total. The van der Waals surface area contributed by atoms with Crippen LogP contribution in [0, 0.1) is 0 Å². The number of unbranched alkanes of at least 4 members (excludes halogenated alkanes) is 30. The highest BCUT2D eigenvalue weighted by molar-refractivity contribution is 5.76. The van der Waals surface area contributed by atoms with Crippen molar-refractivity contribution in [2.45, 2.75) is 362 Å². The van der Waals surface area contributed by atoms with Gasteiger partial charge >= 0.3 is 0 Å². The highest BCUT2D eigenvalue weighted by Gasteiger charge is 2.53. The third-order valence-electron chi connectivity index (χ3n) is 18.0. The minimum Gasteiger partial charge on any atom is -0.394 e. The number of nitrogens with one attached hydrogen (secondary N) is 1. The molecule has 0 radical (unpaired) electrons. The molecule has 3 aliphatic rings. The summed E-state index contributed by atoms with van der Waals surface area (Å²) in [4.78, 5) is 13.4. The standard InChI is InChI=1S/C74H131NO18/c1-3-5-7-9-11-13-15-17-19-21-23-25-27-28-30-32-34-36-38-40-42-44-46-48-50-52-62(80)75-57(58(79)51-49-47-45-43-41-39-37-35-33-31-29-26-24-22-20-18-16-14-12-10-8-6-4-2)56-88-72-68(86)65(83)70(60(54-77)90-72)93-74-69(87)66(84)71(61(55-78)91-74)92-73-67(85)64(82)63(81)59(53-76)89-73/h5,7,11,13,17,19,23,25,28,30,49,51,57-61,63-74,76-79,81-87H,3-4,6,8-10,12,14-16,18,20-22,24,26-27,29,31-48,50,52-56H2,1-2H3,(H,75,80)/b7-5-,13-11-,19-17-,25-23-,30-28-,51-49+. The van der Waals surface area contributed by atoms with Crippen LogP contribution in [0.5, 0.6) is 0 Å². The number of hydrogen-bond donors (Lipinski definition) is 12. The fraction of sp³-hybridized carbons (Fsp3) is 0.824. The van der Waals surface area contributed by atoms with E-state index in [0.717, 1.165) is 89.9 Å². The number of aliphatic hydroxyl groups is 11. The number of aliphatic hydroxyl groups excluding tert-OH is 11. The fourth-order valence-corrected chi connectivity index (χ4v) is 12.1. The number of carbonyl (C=O) groups is 1. The molecule has 3 aliphatic heterocycles. The number of rotatable bonds is 56. The van der Waals surface area contributed by atoms with Crippen LogP contribution in [-0.2, 0) is 33.2 Å². The van der Waals surface area contributed by atoms with Gasteiger partial charge in [0.1, 0.15) is 73.2 Å². The third-order valence-corrected chi connectivity index (χ3v) is 18.0. The predicted octanol–water partition coefficient (Wildman–Crippen LogP) is 10.5. The van der Waals surface area contributed by atoms with Crippen LogP contribution in [0.2, 0.25) is 0 Å². The predicted molar refractivity (Wildman–Crippen MR) is 365 cm³/mol. The van der Waals surface area contributed by atoms with Crippen molar-refractivity contribution in [3.8, 4) is 0 Å². The molecule has 0 bridgehead atoms. The lowest BCUT2D eigenvalue weighted by Gasteiger charge is -2.48. The van der Waals surface area contributed by atoms with E-state index in [2.05, 4.69) is 79.9 Å². The summed E-state index contributed by atoms with van der Waals surface area (Å²) < 4.78 is 34.4. The van der Waals surface area contributed by atoms with Crippen molar-refractivity contribution in [3.05, 3.63) is 72.9 Å². The molecule has 0 aromatic rings. The topological polar surface area (TPSA) is 307 Å². The van der Waals surface area contributed by atoms with Gasteiger partial charge in [-0.3, -0.25) is 4.79 Å². The molecule has 3 heterocycles. The molecule has 0 aromatic heterocycles. The molecule has 12 N–H and O–H groups in total. The Bertz CT molecular complexity index is 1970. The summed E-state index contributed by atoms with van der Waals surface area (Å²) in [5.41, 5.74) is 0. The third kappa shape index (κ3) is 36.6. The maximum Gasteiger partial charge on any atom is 0.220 e. The van der Waals surface area contributed by atoms with Crippen molar-refractivity contribution in [3.63, 3.8) is 0 Å². The van der Waals surface area contributed by atoms with Gasteiger partial charge < -0.3 is 89.9 Å². The van der Waals surface area contributed by atoms with Crippen LogP contribution in [0.25, 0.3) is 0 Å². The van der Waals surface area contributed by atoms with Gasteiger partial charge in [0.15, 0.2) is 18.9 Å². The first-order valence-electron chi connectivity index (χ1n) is 36.7. The Morgan fingerprint density at radius 3 is 1.16 bits per heavy atom. The molecule has 0 aromatic carbocycles. The summed E-state index contributed by atoms with van der Waals surface area (Å²) in [6, 6.07) is -0.982. The monoisotopic (exact) mass is 1320 g/mol. The summed E-state index contributed by atoms with van der Waals surface area (Å²) in [7, 11) is 0. The molecule has 0 spiro atoms. The summed E-state index contributed by atoms with van der Waals surface area (Å²) in [5, 5.41) is 121. The fourth-order valence-electron chi connectivity index (χ4n) is 12.1. The molecular formula is C74H131NO18. The zero-order valence-electron chi connectivity index (χ0n) is 57.2. The molecule has 17 unspecified atom stereocenters. The molecular weight excluding hydrogens is 1190 g/mol. The Kier molecular flexibility index (Phi) is 50.1. The van der Waals surface area contributed by atoms with Crippen LogP contribution in [0.15, 0.2) is 72.9 Å². The number of ether oxygens (including phenoxy) is 6. The molecule has 0 saturated carbocycles. The van der Waals surface area contributed by atoms with E-state index in [0.29, 0.717) is 6.42 Å². The van der Waals surface area contributed by atoms with Gasteiger partial charge in [-0.2, -0.15) is 0 Å². The number of hydrogen-bond acceptors (Lipinski definition) is 18. The smallest absolute Gasteiger partial charge is 0.220 e. The van der Waals surface area contributed by atoms with Gasteiger partial charge in [-0.25, -0.2) is 0 Å². The number of allylic oxidation sites excluding steroid dienone is 11. The first-order valence-corrected chi connectivity index (χ1v) is 36.7. The average Bonchev–Trinajstić information content (AvgIpc) is 0.819. The van der Waals surface area contributed by atoms with E-state index in [4.69, 9.17) is 28.4 Å². The van der Waals surface area contributed by atoms with Gasteiger partial charge in [-0.1, -0.05) is 260 Å². The van der Waals surface area contributed by atoms with Crippen molar-refractivity contribution >= 4 is 5.91 Å². The summed E-state index contributed by atoms with van der Waals surface area (Å²) in [6.45, 7) is 1.63. The Morgan fingerprint density at radius 2 is 0.742 bits per heavy atom. The summed E-state index contributed by atoms with van der Waals surface area (Å²) >= 11 is 0. The van der Waals surface area contributed by atoms with Crippen molar-refractivity contribution in [2.24, 2.45) is 0 Å². The maximum absolute atomic E-state index is 13.4. The van der Waals surface area contributed by atoms with Gasteiger partial charge in [0.2, 0.25) is 5.91 Å². The molecule has 19 heteroatoms. The van der Waals surface area contributed by atoms with E-state index in [1.54, 1.807) is 6.08 Å². The Morgan fingerprint density at radius 1 is 0.398 bits per heavy atom. The number of carbonyl (C=O) groups excluding carboxylic acids is 1. The van der Waals surface area contributed by atoms with E-state index in [1.165, 1.54) is 141 Å². The largest absolute Gasteiger partial charge is 0.394 e. The minimum atomic E-state index is -1.98. The van der Waals surface area contributed by atoms with Crippen molar-refractivity contribution in [1.29, 1.82) is 0 Å². The lowest BCUT2D eigenvalue weighted by Crippen LogP contribution is -2.66. The first kappa shape index (κ1) is 84.5. The second-order valence-electron chi connectivity index (χ2n) is 26.0. The molecule has 3 saturated heterocycles. The maximum atomic E-state index is 13.4. The van der Waals surface area contributed by atoms with Gasteiger partial charge in [0, 0.05) is 6.42 Å². The Balaban J connectivity index is 1.43. The normalized spacial score (nSPS) is 27.9. The van der Waals surface area contributed by atoms with Gasteiger partial charge in [0.25, 0.3) is 0 Å². The van der Waals surface area contributed by atoms with E-state index in [9.17, 15) is 61.0 Å². The highest BCUT2D eigenvalue weighted by atomic mass is 16.8. The van der Waals surface area contributed by atoms with Gasteiger partial charge in [-0.15, -0.1) is 0 Å². The van der Waals surface area contributed by atoms with E-state index < -0.39 is 124 Å². The van der Waals surface area contributed by atoms with Gasteiger partial charge in [0.05, 0.1) is 38.6 Å². The quantitative estimate of drug-likeness (QED) is 0.0199. The zero-order chi connectivity index (χ0) is 67.5. The Hall–Kier alpha value is -2.77. The lowest BCUT2D eigenvalue weighted by atomic mass is 9.96. The average molecular weight is 1320 g/mol. The summed E-state index contributed by atoms with van der Waals surface area (Å²) in [6.07, 6.45) is 42.9. The van der Waals surface area contributed by atoms with Crippen LogP contribution in [0.3, 0.4) is 0 Å². The molecule has 540 valence electrons. The SMILES string of the molecule is CC/C=C\C/C=C\C/C=C\C/C=C\C/C=C\CCCCCCCCCCCC(=O)NC(COC1OC(CO)C(OC2OC(CO)C(OC3OC(CO)C(O)C(O)C3O)C(O)C2O)C(O)C1O)C(O)/C=C/CCCCCCCCCCCCCCCCCCCCCCC. The first-order chi connectivity index (χ1) is 45.3. The molecule has 3 rings (SSSR count). The van der Waals surface area contributed by atoms with Crippen molar-refractivity contribution < 1.29 is 89.4 Å². The van der Waals surface area contributed by atoms with Crippen LogP contribution >= 0.6 is 0 Å².